The van der Waals surface area contributed by atoms with Crippen LogP contribution in [0.2, 0.25) is 0 Å². The molecular weight excluding hydrogens is 270 g/mol. The first-order valence-corrected chi connectivity index (χ1v) is 7.09. The molecular formula is C15H23N3O3. The van der Waals surface area contributed by atoms with Gasteiger partial charge in [-0.3, -0.25) is 0 Å². The van der Waals surface area contributed by atoms with Crippen LogP contribution < -0.4 is 10.6 Å². The molecule has 0 aliphatic rings. The Bertz CT molecular complexity index is 470. The van der Waals surface area contributed by atoms with Crippen molar-refractivity contribution in [1.82, 2.24) is 10.2 Å². The van der Waals surface area contributed by atoms with Gasteiger partial charge in [0.05, 0.1) is 5.56 Å². The maximum Gasteiger partial charge on any atom is 0.335 e. The van der Waals surface area contributed by atoms with E-state index in [4.69, 9.17) is 5.11 Å². The van der Waals surface area contributed by atoms with Crippen molar-refractivity contribution in [2.24, 2.45) is 0 Å². The molecule has 1 aromatic carbocycles. The fourth-order valence-corrected chi connectivity index (χ4v) is 2.00. The van der Waals surface area contributed by atoms with Crippen LogP contribution in [0.5, 0.6) is 0 Å². The quantitative estimate of drug-likeness (QED) is 0.720. The summed E-state index contributed by atoms with van der Waals surface area (Å²) in [5.41, 5.74) is 0.753. The summed E-state index contributed by atoms with van der Waals surface area (Å²) in [7, 11) is 0. The van der Waals surface area contributed by atoms with Gasteiger partial charge in [0.1, 0.15) is 0 Å². The minimum Gasteiger partial charge on any atom is -0.478 e. The monoisotopic (exact) mass is 293 g/mol. The fourth-order valence-electron chi connectivity index (χ4n) is 2.00. The Balaban J connectivity index is 2.47. The lowest BCUT2D eigenvalue weighted by Crippen LogP contribution is -2.43. The number of likely N-dealkylation sites (N-methyl/N-ethyl adjacent to an activating group) is 1. The van der Waals surface area contributed by atoms with Gasteiger partial charge in [-0.15, -0.1) is 0 Å². The van der Waals surface area contributed by atoms with Crippen LogP contribution in [-0.2, 0) is 0 Å². The third-order valence-electron chi connectivity index (χ3n) is 3.19. The standard InChI is InChI=1S/C15H23N3O3/c1-4-18(5-2)10-11(3)16-15(21)17-13-8-6-12(7-9-13)14(19)20/h6-9,11H,4-5,10H2,1-3H3,(H,19,20)(H2,16,17,21). The molecule has 6 nitrogen and oxygen atoms in total. The van der Waals surface area contributed by atoms with Gasteiger partial charge in [0, 0.05) is 18.3 Å². The highest BCUT2D eigenvalue weighted by atomic mass is 16.4. The Morgan fingerprint density at radius 3 is 2.24 bits per heavy atom. The number of rotatable bonds is 7. The van der Waals surface area contributed by atoms with Crippen molar-refractivity contribution < 1.29 is 14.7 Å². The molecule has 116 valence electrons. The molecule has 0 bridgehead atoms. The number of aromatic carboxylic acids is 1. The molecule has 1 aromatic rings. The molecule has 0 heterocycles. The first-order valence-electron chi connectivity index (χ1n) is 7.09. The van der Waals surface area contributed by atoms with Crippen molar-refractivity contribution >= 4 is 17.7 Å². The lowest BCUT2D eigenvalue weighted by molar-refractivity contribution is 0.0697. The average Bonchev–Trinajstić information content (AvgIpc) is 2.45. The molecule has 6 heteroatoms. The van der Waals surface area contributed by atoms with Crippen LogP contribution in [0, 0.1) is 0 Å². The zero-order valence-electron chi connectivity index (χ0n) is 12.7. The van der Waals surface area contributed by atoms with Crippen LogP contribution in [-0.4, -0.2) is 47.7 Å². The van der Waals surface area contributed by atoms with Crippen LogP contribution in [0.4, 0.5) is 10.5 Å². The second-order valence-electron chi connectivity index (χ2n) is 4.87. The predicted octanol–water partition coefficient (Wildman–Crippen LogP) is 2.24. The van der Waals surface area contributed by atoms with Crippen LogP contribution in [0.25, 0.3) is 0 Å². The van der Waals surface area contributed by atoms with Crippen molar-refractivity contribution in [2.45, 2.75) is 26.8 Å². The zero-order chi connectivity index (χ0) is 15.8. The van der Waals surface area contributed by atoms with E-state index in [1.54, 1.807) is 12.1 Å². The molecule has 1 unspecified atom stereocenters. The predicted molar refractivity (Wildman–Crippen MR) is 82.8 cm³/mol. The molecule has 0 saturated carbocycles. The Morgan fingerprint density at radius 2 is 1.76 bits per heavy atom. The molecule has 21 heavy (non-hydrogen) atoms. The van der Waals surface area contributed by atoms with Crippen molar-refractivity contribution in [3.05, 3.63) is 29.8 Å². The Labute approximate surface area is 125 Å². The van der Waals surface area contributed by atoms with Gasteiger partial charge in [0.15, 0.2) is 0 Å². The Morgan fingerprint density at radius 1 is 1.19 bits per heavy atom. The first-order chi connectivity index (χ1) is 9.96. The van der Waals surface area contributed by atoms with E-state index < -0.39 is 5.97 Å². The lowest BCUT2D eigenvalue weighted by atomic mass is 10.2. The minimum atomic E-state index is -0.987. The molecule has 2 amide bonds. The molecule has 0 aliphatic heterocycles. The highest BCUT2D eigenvalue weighted by molar-refractivity contribution is 5.91. The normalized spacial score (nSPS) is 12.0. The van der Waals surface area contributed by atoms with Crippen molar-refractivity contribution in [1.29, 1.82) is 0 Å². The van der Waals surface area contributed by atoms with Crippen molar-refractivity contribution in [2.75, 3.05) is 25.0 Å². The summed E-state index contributed by atoms with van der Waals surface area (Å²) in [6.07, 6.45) is 0. The summed E-state index contributed by atoms with van der Waals surface area (Å²) in [6.45, 7) is 8.80. The van der Waals surface area contributed by atoms with Gasteiger partial charge in [-0.05, 0) is 44.3 Å². The van der Waals surface area contributed by atoms with Crippen LogP contribution >= 0.6 is 0 Å². The maximum absolute atomic E-state index is 11.8. The number of carbonyl (C=O) groups excluding carboxylic acids is 1. The summed E-state index contributed by atoms with van der Waals surface area (Å²) < 4.78 is 0. The Kier molecular flexibility index (Phi) is 6.68. The van der Waals surface area contributed by atoms with Crippen molar-refractivity contribution in [3.63, 3.8) is 0 Å². The number of anilines is 1. The molecule has 0 aliphatic carbocycles. The zero-order valence-corrected chi connectivity index (χ0v) is 12.7. The molecule has 3 N–H and O–H groups in total. The van der Waals surface area contributed by atoms with Crippen LogP contribution in [0.15, 0.2) is 24.3 Å². The average molecular weight is 293 g/mol. The van der Waals surface area contributed by atoms with E-state index in [0.29, 0.717) is 5.69 Å². The van der Waals surface area contributed by atoms with Gasteiger partial charge >= 0.3 is 12.0 Å². The molecule has 0 spiro atoms. The van der Waals surface area contributed by atoms with Gasteiger partial charge in [-0.1, -0.05) is 13.8 Å². The van der Waals surface area contributed by atoms with E-state index in [-0.39, 0.29) is 17.6 Å². The highest BCUT2D eigenvalue weighted by Gasteiger charge is 2.10. The smallest absolute Gasteiger partial charge is 0.335 e. The van der Waals surface area contributed by atoms with E-state index in [0.717, 1.165) is 19.6 Å². The molecule has 1 rings (SSSR count). The van der Waals surface area contributed by atoms with Crippen LogP contribution in [0.3, 0.4) is 0 Å². The number of hydrogen-bond donors (Lipinski definition) is 3. The van der Waals surface area contributed by atoms with E-state index in [1.807, 2.05) is 6.92 Å². The molecule has 1 atom stereocenters. The summed E-state index contributed by atoms with van der Waals surface area (Å²) in [6, 6.07) is 5.78. The van der Waals surface area contributed by atoms with Gasteiger partial charge in [0.2, 0.25) is 0 Å². The number of nitrogens with zero attached hydrogens (tertiary/aromatic N) is 1. The van der Waals surface area contributed by atoms with E-state index in [1.165, 1.54) is 12.1 Å². The number of urea groups is 1. The lowest BCUT2D eigenvalue weighted by Gasteiger charge is -2.23. The van der Waals surface area contributed by atoms with Gasteiger partial charge in [-0.2, -0.15) is 0 Å². The summed E-state index contributed by atoms with van der Waals surface area (Å²) in [5, 5.41) is 14.3. The third kappa shape index (κ3) is 5.83. The largest absolute Gasteiger partial charge is 0.478 e. The number of carboxylic acid groups (broad SMARTS) is 1. The van der Waals surface area contributed by atoms with Gasteiger partial charge in [-0.25, -0.2) is 9.59 Å². The Hall–Kier alpha value is -2.08. The van der Waals surface area contributed by atoms with Crippen LogP contribution in [0.1, 0.15) is 31.1 Å². The molecule has 0 radical (unpaired) electrons. The van der Waals surface area contributed by atoms with Gasteiger partial charge in [0.25, 0.3) is 0 Å². The van der Waals surface area contributed by atoms with E-state index in [2.05, 4.69) is 29.4 Å². The minimum absolute atomic E-state index is 0.0307. The SMILES string of the molecule is CCN(CC)CC(C)NC(=O)Nc1ccc(C(=O)O)cc1. The highest BCUT2D eigenvalue weighted by Crippen LogP contribution is 2.09. The number of carboxylic acids is 1. The second-order valence-corrected chi connectivity index (χ2v) is 4.87. The first kappa shape index (κ1) is 17.0. The number of amides is 2. The summed E-state index contributed by atoms with van der Waals surface area (Å²) in [5.74, 6) is -0.987. The molecule has 0 fully saturated rings. The van der Waals surface area contributed by atoms with E-state index >= 15 is 0 Å². The van der Waals surface area contributed by atoms with E-state index in [9.17, 15) is 9.59 Å². The topological polar surface area (TPSA) is 81.7 Å². The number of hydrogen-bond acceptors (Lipinski definition) is 3. The number of benzene rings is 1. The molecule has 0 aromatic heterocycles. The third-order valence-corrected chi connectivity index (χ3v) is 3.19. The van der Waals surface area contributed by atoms with Gasteiger partial charge < -0.3 is 20.6 Å². The summed E-state index contributed by atoms with van der Waals surface area (Å²) in [4.78, 5) is 24.8. The maximum atomic E-state index is 11.8. The van der Waals surface area contributed by atoms with Crippen molar-refractivity contribution in [3.8, 4) is 0 Å². The number of nitrogens with one attached hydrogen (secondary N) is 2. The summed E-state index contributed by atoms with van der Waals surface area (Å²) >= 11 is 0. The number of carbonyl (C=O) groups is 2. The second kappa shape index (κ2) is 8.26. The fraction of sp³-hybridized carbons (Fsp3) is 0.467. The molecule has 0 saturated heterocycles.